The van der Waals surface area contributed by atoms with Gasteiger partial charge in [-0.15, -0.1) is 0 Å². The maximum absolute atomic E-state index is 5.63. The highest BCUT2D eigenvalue weighted by Gasteiger charge is 2.08. The molecule has 76 valence electrons. The van der Waals surface area contributed by atoms with Gasteiger partial charge in [0.05, 0.1) is 0 Å². The largest absolute Gasteiger partial charge is 0.328 e. The van der Waals surface area contributed by atoms with Crippen LogP contribution in [-0.4, -0.2) is 6.04 Å². The van der Waals surface area contributed by atoms with E-state index in [-0.39, 0.29) is 0 Å². The van der Waals surface area contributed by atoms with Crippen molar-refractivity contribution in [2.75, 3.05) is 0 Å². The van der Waals surface area contributed by atoms with E-state index in [2.05, 4.69) is 24.3 Å². The van der Waals surface area contributed by atoms with Crippen LogP contribution in [0.3, 0.4) is 0 Å². The van der Waals surface area contributed by atoms with Crippen LogP contribution in [0.25, 0.3) is 0 Å². The molecule has 0 spiro atoms. The molecule has 3 aliphatic carbocycles. The first kappa shape index (κ1) is 9.72. The summed E-state index contributed by atoms with van der Waals surface area (Å²) in [4.78, 5) is 0. The smallest absolute Gasteiger partial charge is 0.00388 e. The number of hydrogen-bond acceptors (Lipinski definition) is 1. The molecule has 3 rings (SSSR count). The summed E-state index contributed by atoms with van der Waals surface area (Å²) in [7, 11) is 0. The van der Waals surface area contributed by atoms with Gasteiger partial charge in [0.1, 0.15) is 0 Å². The third-order valence-electron chi connectivity index (χ3n) is 3.08. The molecule has 1 fully saturated rings. The molecule has 0 aromatic heterocycles. The Balaban J connectivity index is 0.000000107. The van der Waals surface area contributed by atoms with Crippen molar-refractivity contribution in [3.05, 3.63) is 35.5 Å². The van der Waals surface area contributed by atoms with E-state index in [9.17, 15) is 0 Å². The monoisotopic (exact) mass is 189 g/mol. The molecule has 0 heterocycles. The fourth-order valence-electron chi connectivity index (χ4n) is 2.14. The Morgan fingerprint density at radius 3 is 1.71 bits per heavy atom. The van der Waals surface area contributed by atoms with E-state index in [0.717, 1.165) is 0 Å². The molecule has 1 heteroatoms. The first-order valence-electron chi connectivity index (χ1n) is 5.68. The van der Waals surface area contributed by atoms with Crippen molar-refractivity contribution in [2.45, 2.75) is 44.6 Å². The molecule has 1 nitrogen and oxygen atoms in total. The van der Waals surface area contributed by atoms with Gasteiger partial charge in [-0.25, -0.2) is 0 Å². The summed E-state index contributed by atoms with van der Waals surface area (Å²) >= 11 is 0. The summed E-state index contributed by atoms with van der Waals surface area (Å²) in [5.74, 6) is 0. The lowest BCUT2D eigenvalue weighted by Crippen LogP contribution is -2.22. The lowest BCUT2D eigenvalue weighted by Gasteiger charge is -2.15. The van der Waals surface area contributed by atoms with Crippen molar-refractivity contribution >= 4 is 0 Å². The van der Waals surface area contributed by atoms with E-state index in [1.807, 2.05) is 0 Å². The molecule has 0 aliphatic heterocycles. The van der Waals surface area contributed by atoms with Crippen molar-refractivity contribution in [3.63, 3.8) is 0 Å². The van der Waals surface area contributed by atoms with Crippen LogP contribution in [0.2, 0.25) is 0 Å². The average Bonchev–Trinajstić information content (AvgIpc) is 2.83. The maximum atomic E-state index is 5.63. The van der Waals surface area contributed by atoms with Crippen LogP contribution in [-0.2, 0) is 0 Å². The van der Waals surface area contributed by atoms with Crippen LogP contribution in [0.5, 0.6) is 0 Å². The number of hydrogen-bond donors (Lipinski definition) is 1. The topological polar surface area (TPSA) is 26.0 Å². The Labute approximate surface area is 86.4 Å². The van der Waals surface area contributed by atoms with Crippen LogP contribution in [0.1, 0.15) is 38.5 Å². The fraction of sp³-hybridized carbons (Fsp3) is 0.538. The fourth-order valence-corrected chi connectivity index (χ4v) is 2.14. The normalized spacial score (nSPS) is 24.1. The van der Waals surface area contributed by atoms with Gasteiger partial charge in [0.2, 0.25) is 0 Å². The Morgan fingerprint density at radius 1 is 0.929 bits per heavy atom. The van der Waals surface area contributed by atoms with Crippen molar-refractivity contribution in [1.29, 1.82) is 0 Å². The summed E-state index contributed by atoms with van der Waals surface area (Å²) in [6.07, 6.45) is 16.6. The summed E-state index contributed by atoms with van der Waals surface area (Å²) < 4.78 is 0. The van der Waals surface area contributed by atoms with Crippen molar-refractivity contribution in [1.82, 2.24) is 0 Å². The summed E-state index contributed by atoms with van der Waals surface area (Å²) in [6, 6.07) is 0.536. The van der Waals surface area contributed by atoms with Gasteiger partial charge in [-0.3, -0.25) is 0 Å². The second-order valence-corrected chi connectivity index (χ2v) is 4.39. The Bertz CT molecular complexity index is 258. The zero-order valence-electron chi connectivity index (χ0n) is 8.71. The van der Waals surface area contributed by atoms with Crippen LogP contribution >= 0.6 is 0 Å². The first-order chi connectivity index (χ1) is 6.84. The lowest BCUT2D eigenvalue weighted by molar-refractivity contribution is 0.441. The SMILES string of the molecule is C1=CC2=CC=C1C2.NC1CCCCC1. The lowest BCUT2D eigenvalue weighted by atomic mass is 9.97. The van der Waals surface area contributed by atoms with Gasteiger partial charge in [0.15, 0.2) is 0 Å². The summed E-state index contributed by atoms with van der Waals surface area (Å²) in [5, 5.41) is 0. The van der Waals surface area contributed by atoms with Crippen molar-refractivity contribution < 1.29 is 0 Å². The minimum atomic E-state index is 0.536. The maximum Gasteiger partial charge on any atom is 0.00388 e. The predicted octanol–water partition coefficient (Wildman–Crippen LogP) is 3.09. The molecule has 0 radical (unpaired) electrons. The zero-order valence-corrected chi connectivity index (χ0v) is 8.71. The second kappa shape index (κ2) is 4.61. The molecule has 3 aliphatic rings. The highest BCUT2D eigenvalue weighted by Crippen LogP contribution is 2.27. The van der Waals surface area contributed by atoms with E-state index < -0.39 is 0 Å². The number of nitrogens with two attached hydrogens (primary N) is 1. The standard InChI is InChI=1S/C7H6.C6H13N/c1-2-7-4-3-6(1)5-7;7-6-4-2-1-3-5-6/h1-4H,5H2;6H,1-5,7H2. The van der Waals surface area contributed by atoms with Crippen LogP contribution in [0.4, 0.5) is 0 Å². The molecular formula is C13H19N. The molecule has 0 aromatic carbocycles. The van der Waals surface area contributed by atoms with Crippen LogP contribution in [0, 0.1) is 0 Å². The average molecular weight is 189 g/mol. The molecule has 0 amide bonds. The van der Waals surface area contributed by atoms with Gasteiger partial charge in [0, 0.05) is 6.04 Å². The third-order valence-corrected chi connectivity index (χ3v) is 3.08. The van der Waals surface area contributed by atoms with E-state index in [1.54, 1.807) is 0 Å². The molecule has 0 unspecified atom stereocenters. The summed E-state index contributed by atoms with van der Waals surface area (Å²) in [6.45, 7) is 0. The molecule has 2 bridgehead atoms. The minimum Gasteiger partial charge on any atom is -0.328 e. The number of rotatable bonds is 0. The highest BCUT2D eigenvalue weighted by molar-refractivity contribution is 5.49. The van der Waals surface area contributed by atoms with Gasteiger partial charge >= 0.3 is 0 Å². The molecular weight excluding hydrogens is 170 g/mol. The quantitative estimate of drug-likeness (QED) is 0.622. The molecule has 0 atom stereocenters. The summed E-state index contributed by atoms with van der Waals surface area (Å²) in [5.41, 5.74) is 8.57. The predicted molar refractivity (Wildman–Crippen MR) is 61.0 cm³/mol. The number of fused-ring (bicyclic) bond motifs is 2. The number of allylic oxidation sites excluding steroid dienone is 6. The Kier molecular flexibility index (Phi) is 3.20. The molecule has 2 N–H and O–H groups in total. The minimum absolute atomic E-state index is 0.536. The van der Waals surface area contributed by atoms with Crippen LogP contribution < -0.4 is 5.73 Å². The first-order valence-corrected chi connectivity index (χ1v) is 5.68. The van der Waals surface area contributed by atoms with Crippen molar-refractivity contribution in [3.8, 4) is 0 Å². The van der Waals surface area contributed by atoms with Crippen molar-refractivity contribution in [2.24, 2.45) is 5.73 Å². The molecule has 14 heavy (non-hydrogen) atoms. The van der Waals surface area contributed by atoms with Gasteiger partial charge < -0.3 is 5.73 Å². The molecule has 0 aromatic rings. The van der Waals surface area contributed by atoms with Crippen LogP contribution in [0.15, 0.2) is 35.5 Å². The van der Waals surface area contributed by atoms with Gasteiger partial charge in [0.25, 0.3) is 0 Å². The van der Waals surface area contributed by atoms with Gasteiger partial charge in [-0.1, -0.05) is 43.6 Å². The van der Waals surface area contributed by atoms with E-state index in [0.29, 0.717) is 6.04 Å². The van der Waals surface area contributed by atoms with E-state index in [4.69, 9.17) is 5.73 Å². The molecule has 0 saturated heterocycles. The Morgan fingerprint density at radius 2 is 1.50 bits per heavy atom. The van der Waals surface area contributed by atoms with Gasteiger partial charge in [-0.2, -0.15) is 0 Å². The molecule has 1 saturated carbocycles. The second-order valence-electron chi connectivity index (χ2n) is 4.39. The third kappa shape index (κ3) is 2.58. The Hall–Kier alpha value is -0.820. The highest BCUT2D eigenvalue weighted by atomic mass is 14.6. The zero-order chi connectivity index (χ0) is 9.80. The van der Waals surface area contributed by atoms with E-state index >= 15 is 0 Å². The van der Waals surface area contributed by atoms with E-state index in [1.165, 1.54) is 49.7 Å². The van der Waals surface area contributed by atoms with Gasteiger partial charge in [-0.05, 0) is 30.4 Å².